The zero-order valence-electron chi connectivity index (χ0n) is 18.9. The first-order valence-corrected chi connectivity index (χ1v) is 13.2. The van der Waals surface area contributed by atoms with Gasteiger partial charge in [-0.05, 0) is 43.3 Å². The average molecular weight is 525 g/mol. The van der Waals surface area contributed by atoms with Crippen LogP contribution in [0.15, 0.2) is 90.6 Å². The third-order valence-electron chi connectivity index (χ3n) is 5.58. The Balaban J connectivity index is 1.92. The number of rotatable bonds is 6. The topological polar surface area (TPSA) is 135 Å². The first kappa shape index (κ1) is 23.6. The number of furan rings is 2. The average Bonchev–Trinajstić information content (AvgIpc) is 3.63. The minimum absolute atomic E-state index is 0.0359. The third kappa shape index (κ3) is 3.82. The normalized spacial score (nSPS) is 16.3. The van der Waals surface area contributed by atoms with Crippen molar-refractivity contribution in [1.29, 1.82) is 0 Å². The molecule has 4 aromatic rings. The minimum atomic E-state index is -4.29. The number of aromatic nitrogens is 1. The molecule has 184 valence electrons. The maximum absolute atomic E-state index is 13.9. The van der Waals surface area contributed by atoms with E-state index in [-0.39, 0.29) is 42.8 Å². The van der Waals surface area contributed by atoms with Gasteiger partial charge in [0.25, 0.3) is 5.56 Å². The molecule has 4 heterocycles. The molecule has 1 aromatic carbocycles. The maximum atomic E-state index is 13.9. The van der Waals surface area contributed by atoms with Gasteiger partial charge >= 0.3 is 5.97 Å². The molecule has 1 aliphatic heterocycles. The largest absolute Gasteiger partial charge is 0.468 e. The lowest BCUT2D eigenvalue weighted by molar-refractivity contribution is -0.136. The van der Waals surface area contributed by atoms with E-state index in [0.29, 0.717) is 5.76 Å². The number of allylic oxidation sites excluding steroid dienone is 1. The highest BCUT2D eigenvalue weighted by Crippen LogP contribution is 2.42. The molecule has 0 radical (unpaired) electrons. The Morgan fingerprint density at radius 1 is 1.11 bits per heavy atom. The number of thiazole rings is 1. The smallest absolute Gasteiger partial charge is 0.338 e. The molecule has 1 aliphatic rings. The van der Waals surface area contributed by atoms with Crippen molar-refractivity contribution in [3.8, 4) is 0 Å². The Labute approximate surface area is 209 Å². The molecule has 0 fully saturated rings. The molecule has 2 N–H and O–H groups in total. The molecule has 5 rings (SSSR count). The fourth-order valence-corrected chi connectivity index (χ4v) is 6.88. The van der Waals surface area contributed by atoms with E-state index >= 15 is 0 Å². The van der Waals surface area contributed by atoms with Crippen molar-refractivity contribution in [1.82, 2.24) is 4.57 Å². The number of nitrogens with two attached hydrogens (primary N) is 1. The zero-order valence-corrected chi connectivity index (χ0v) is 20.5. The van der Waals surface area contributed by atoms with Crippen LogP contribution >= 0.6 is 11.3 Å². The van der Waals surface area contributed by atoms with E-state index in [1.165, 1.54) is 30.7 Å². The molecular formula is C25H20N2O7S2. The van der Waals surface area contributed by atoms with E-state index in [1.54, 1.807) is 49.4 Å². The Hall–Kier alpha value is -4.09. The fraction of sp³-hybridized carbons (Fsp3) is 0.120. The van der Waals surface area contributed by atoms with Gasteiger partial charge in [-0.3, -0.25) is 9.36 Å². The van der Waals surface area contributed by atoms with E-state index in [0.717, 1.165) is 15.9 Å². The molecule has 1 atom stereocenters. The number of ether oxygens (including phenoxy) is 1. The van der Waals surface area contributed by atoms with Crippen molar-refractivity contribution in [2.24, 2.45) is 5.73 Å². The van der Waals surface area contributed by atoms with Crippen LogP contribution in [-0.2, 0) is 19.4 Å². The summed E-state index contributed by atoms with van der Waals surface area (Å²) >= 11 is 0.982. The number of fused-ring (bicyclic) bond motifs is 1. The lowest BCUT2D eigenvalue weighted by Gasteiger charge is -2.26. The number of hydrogen-bond donors (Lipinski definition) is 1. The first-order valence-electron chi connectivity index (χ1n) is 10.9. The summed E-state index contributed by atoms with van der Waals surface area (Å²) in [5.41, 5.74) is 5.81. The highest BCUT2D eigenvalue weighted by molar-refractivity contribution is 7.95. The number of benzene rings is 1. The summed E-state index contributed by atoms with van der Waals surface area (Å²) in [6.45, 7) is 1.67. The Morgan fingerprint density at radius 3 is 2.47 bits per heavy atom. The second-order valence-electron chi connectivity index (χ2n) is 7.72. The summed E-state index contributed by atoms with van der Waals surface area (Å²) in [5.74, 6) is -1.76. The third-order valence-corrected chi connectivity index (χ3v) is 8.61. The second kappa shape index (κ2) is 9.17. The second-order valence-corrected chi connectivity index (χ2v) is 10.7. The number of nitrogens with zero attached hydrogens (tertiary/aromatic N) is 1. The Bertz CT molecular complexity index is 1740. The van der Waals surface area contributed by atoms with Crippen LogP contribution in [0.25, 0.3) is 17.5 Å². The lowest BCUT2D eigenvalue weighted by atomic mass is 9.94. The summed E-state index contributed by atoms with van der Waals surface area (Å²) in [4.78, 5) is 26.4. The van der Waals surface area contributed by atoms with Crippen LogP contribution in [-0.4, -0.2) is 25.6 Å². The van der Waals surface area contributed by atoms with Gasteiger partial charge in [0.15, 0.2) is 0 Å². The van der Waals surface area contributed by atoms with Crippen LogP contribution in [0.5, 0.6) is 0 Å². The van der Waals surface area contributed by atoms with Crippen LogP contribution < -0.4 is 20.5 Å². The number of esters is 1. The first-order chi connectivity index (χ1) is 17.3. The van der Waals surface area contributed by atoms with Crippen molar-refractivity contribution < 1.29 is 26.8 Å². The van der Waals surface area contributed by atoms with E-state index in [4.69, 9.17) is 19.3 Å². The summed E-state index contributed by atoms with van der Waals surface area (Å²) in [6.07, 6.45) is 4.33. The van der Waals surface area contributed by atoms with Gasteiger partial charge in [-0.15, -0.1) is 11.3 Å². The van der Waals surface area contributed by atoms with Gasteiger partial charge in [-0.1, -0.05) is 18.2 Å². The van der Waals surface area contributed by atoms with E-state index in [1.807, 2.05) is 0 Å². The minimum Gasteiger partial charge on any atom is -0.468 e. The molecule has 9 nitrogen and oxygen atoms in total. The van der Waals surface area contributed by atoms with Crippen molar-refractivity contribution in [3.63, 3.8) is 0 Å². The molecule has 1 unspecified atom stereocenters. The predicted octanol–water partition coefficient (Wildman–Crippen LogP) is 1.99. The molecule has 0 spiro atoms. The lowest BCUT2D eigenvalue weighted by Crippen LogP contribution is -2.41. The zero-order chi connectivity index (χ0) is 25.4. The predicted molar refractivity (Wildman–Crippen MR) is 133 cm³/mol. The highest BCUT2D eigenvalue weighted by Gasteiger charge is 2.43. The van der Waals surface area contributed by atoms with Crippen LogP contribution in [0.1, 0.15) is 24.4 Å². The molecule has 0 saturated heterocycles. The summed E-state index contributed by atoms with van der Waals surface area (Å²) in [6, 6.07) is 14.1. The number of carbonyl (C=O) groups excluding carboxylic acids is 1. The Kier molecular flexibility index (Phi) is 6.02. The van der Waals surface area contributed by atoms with Gasteiger partial charge in [0, 0.05) is 6.08 Å². The van der Waals surface area contributed by atoms with E-state index in [2.05, 4.69) is 0 Å². The van der Waals surface area contributed by atoms with Crippen LogP contribution in [0.3, 0.4) is 0 Å². The van der Waals surface area contributed by atoms with E-state index in [9.17, 15) is 18.0 Å². The SMILES string of the molecule is CCOC(=O)C1=c2sc(=Cc3ccco3)c(=O)n2C(N)=C(S(=O)(=O)c2ccccc2)C1c1ccco1. The quantitative estimate of drug-likeness (QED) is 0.379. The number of carbonyl (C=O) groups is 1. The molecule has 0 saturated carbocycles. The molecule has 36 heavy (non-hydrogen) atoms. The molecule has 0 amide bonds. The standard InChI is InChI=1S/C25H20N2O7S2/c1-2-32-25(29)20-19(17-11-7-13-34-17)21(36(30,31)16-9-4-3-5-10-16)22(26)27-23(28)18(35-24(20)27)14-15-8-6-12-33-15/h3-14,19H,2,26H2,1H3. The molecule has 0 bridgehead atoms. The van der Waals surface area contributed by atoms with Gasteiger partial charge in [0.2, 0.25) is 9.84 Å². The molecule has 0 aliphatic carbocycles. The summed E-state index contributed by atoms with van der Waals surface area (Å²) in [5, 5.41) is 0. The van der Waals surface area contributed by atoms with Gasteiger partial charge in [-0.25, -0.2) is 13.2 Å². The van der Waals surface area contributed by atoms with Crippen LogP contribution in [0, 0.1) is 0 Å². The van der Waals surface area contributed by atoms with E-state index < -0.39 is 27.3 Å². The van der Waals surface area contributed by atoms with Crippen molar-refractivity contribution in [2.45, 2.75) is 17.7 Å². The monoisotopic (exact) mass is 524 g/mol. The van der Waals surface area contributed by atoms with Gasteiger partial charge in [-0.2, -0.15) is 0 Å². The van der Waals surface area contributed by atoms with Gasteiger partial charge in [0.1, 0.15) is 26.9 Å². The van der Waals surface area contributed by atoms with Crippen molar-refractivity contribution >= 4 is 44.6 Å². The van der Waals surface area contributed by atoms with Crippen molar-refractivity contribution in [3.05, 3.63) is 103 Å². The summed E-state index contributed by atoms with van der Waals surface area (Å²) < 4.78 is 45.5. The fourth-order valence-electron chi connectivity index (χ4n) is 4.06. The summed E-state index contributed by atoms with van der Waals surface area (Å²) in [7, 11) is -4.29. The van der Waals surface area contributed by atoms with Gasteiger partial charge < -0.3 is 19.3 Å². The molecule has 11 heteroatoms. The molecular weight excluding hydrogens is 504 g/mol. The molecule has 3 aromatic heterocycles. The van der Waals surface area contributed by atoms with Crippen LogP contribution in [0.4, 0.5) is 0 Å². The number of sulfone groups is 1. The Morgan fingerprint density at radius 2 is 1.83 bits per heavy atom. The van der Waals surface area contributed by atoms with Crippen molar-refractivity contribution in [2.75, 3.05) is 6.61 Å². The number of hydrogen-bond acceptors (Lipinski definition) is 9. The highest BCUT2D eigenvalue weighted by atomic mass is 32.2. The van der Waals surface area contributed by atoms with Gasteiger partial charge in [0.05, 0.1) is 40.1 Å². The van der Waals surface area contributed by atoms with Crippen LogP contribution in [0.2, 0.25) is 0 Å². The maximum Gasteiger partial charge on any atom is 0.338 e.